The van der Waals surface area contributed by atoms with Crippen LogP contribution in [-0.4, -0.2) is 24.3 Å². The van der Waals surface area contributed by atoms with Gasteiger partial charge < -0.3 is 10.1 Å². The maximum atomic E-state index is 12.4. The molecule has 3 nitrogen and oxygen atoms in total. The Kier molecular flexibility index (Phi) is 7.38. The second-order valence-electron chi connectivity index (χ2n) is 6.24. The van der Waals surface area contributed by atoms with E-state index >= 15 is 0 Å². The molecule has 2 aromatic carbocycles. The van der Waals surface area contributed by atoms with E-state index in [1.54, 1.807) is 11.8 Å². The first-order valence-electron chi connectivity index (χ1n) is 8.70. The summed E-state index contributed by atoms with van der Waals surface area (Å²) in [5.74, 6) is 1.58. The van der Waals surface area contributed by atoms with Crippen molar-refractivity contribution in [1.82, 2.24) is 5.32 Å². The second-order valence-corrected chi connectivity index (χ2v) is 7.40. The number of aryl methyl sites for hydroxylation is 3. The van der Waals surface area contributed by atoms with Gasteiger partial charge in [0, 0.05) is 17.2 Å². The summed E-state index contributed by atoms with van der Waals surface area (Å²) < 4.78 is 5.95. The van der Waals surface area contributed by atoms with Crippen LogP contribution < -0.4 is 10.1 Å². The molecule has 0 aliphatic rings. The topological polar surface area (TPSA) is 38.3 Å². The summed E-state index contributed by atoms with van der Waals surface area (Å²) in [7, 11) is 0. The lowest BCUT2D eigenvalue weighted by Gasteiger charge is -2.19. The van der Waals surface area contributed by atoms with Crippen LogP contribution in [0.15, 0.2) is 47.4 Å². The minimum Gasteiger partial charge on any atom is -0.480 e. The third kappa shape index (κ3) is 6.13. The molecule has 0 bridgehead atoms. The first-order chi connectivity index (χ1) is 12.0. The molecule has 0 spiro atoms. The number of carbonyl (C=O) groups is 1. The standard InChI is InChI=1S/C21H27NO2S/c1-5-19(24-20-14-16(3)6-9-17(20)4)21(23)22-12-13-25-18-10-7-15(2)8-11-18/h6-11,14,19H,5,12-13H2,1-4H3,(H,22,23)/t19-/m0/s1. The third-order valence-corrected chi connectivity index (χ3v) is 4.98. The molecule has 0 unspecified atom stereocenters. The van der Waals surface area contributed by atoms with Gasteiger partial charge in [-0.15, -0.1) is 11.8 Å². The van der Waals surface area contributed by atoms with Gasteiger partial charge in [-0.3, -0.25) is 4.79 Å². The number of carbonyl (C=O) groups excluding carboxylic acids is 1. The van der Waals surface area contributed by atoms with Gasteiger partial charge in [-0.25, -0.2) is 0 Å². The van der Waals surface area contributed by atoms with E-state index in [0.29, 0.717) is 13.0 Å². The third-order valence-electron chi connectivity index (χ3n) is 3.97. The number of benzene rings is 2. The van der Waals surface area contributed by atoms with Crippen LogP contribution in [0.4, 0.5) is 0 Å². The van der Waals surface area contributed by atoms with E-state index in [1.165, 1.54) is 10.5 Å². The van der Waals surface area contributed by atoms with E-state index in [1.807, 2.05) is 39.0 Å². The highest BCUT2D eigenvalue weighted by atomic mass is 32.2. The van der Waals surface area contributed by atoms with Gasteiger partial charge in [-0.05, 0) is 56.5 Å². The predicted octanol–water partition coefficient (Wildman–Crippen LogP) is 4.68. The lowest BCUT2D eigenvalue weighted by Crippen LogP contribution is -2.39. The molecule has 134 valence electrons. The molecule has 1 atom stereocenters. The Morgan fingerprint density at radius 1 is 1.08 bits per heavy atom. The average molecular weight is 358 g/mol. The van der Waals surface area contributed by atoms with Crippen molar-refractivity contribution < 1.29 is 9.53 Å². The molecule has 1 N–H and O–H groups in total. The molecule has 2 rings (SSSR count). The molecular formula is C21H27NO2S. The van der Waals surface area contributed by atoms with Crippen LogP contribution in [-0.2, 0) is 4.79 Å². The van der Waals surface area contributed by atoms with Crippen molar-refractivity contribution in [1.29, 1.82) is 0 Å². The van der Waals surface area contributed by atoms with Crippen molar-refractivity contribution in [2.24, 2.45) is 0 Å². The molecule has 0 aliphatic carbocycles. The van der Waals surface area contributed by atoms with E-state index in [9.17, 15) is 4.79 Å². The predicted molar refractivity (Wildman–Crippen MR) is 106 cm³/mol. The molecule has 2 aromatic rings. The zero-order chi connectivity index (χ0) is 18.2. The van der Waals surface area contributed by atoms with Gasteiger partial charge in [0.05, 0.1) is 0 Å². The van der Waals surface area contributed by atoms with Gasteiger partial charge in [-0.1, -0.05) is 36.8 Å². The van der Waals surface area contributed by atoms with E-state index in [-0.39, 0.29) is 5.91 Å². The van der Waals surface area contributed by atoms with Crippen molar-refractivity contribution in [3.05, 3.63) is 59.2 Å². The molecule has 0 saturated carbocycles. The number of hydrogen-bond donors (Lipinski definition) is 1. The molecule has 0 fully saturated rings. The monoisotopic (exact) mass is 357 g/mol. The fourth-order valence-corrected chi connectivity index (χ4v) is 3.17. The maximum Gasteiger partial charge on any atom is 0.261 e. The van der Waals surface area contributed by atoms with Gasteiger partial charge in [0.1, 0.15) is 5.75 Å². The van der Waals surface area contributed by atoms with Crippen LogP contribution in [0.3, 0.4) is 0 Å². The molecular weight excluding hydrogens is 330 g/mol. The van der Waals surface area contributed by atoms with Gasteiger partial charge in [0.2, 0.25) is 0 Å². The number of amides is 1. The van der Waals surface area contributed by atoms with Crippen molar-refractivity contribution in [2.45, 2.75) is 45.1 Å². The Morgan fingerprint density at radius 2 is 1.76 bits per heavy atom. The van der Waals surface area contributed by atoms with Crippen molar-refractivity contribution >= 4 is 17.7 Å². The zero-order valence-corrected chi connectivity index (χ0v) is 16.3. The normalized spacial score (nSPS) is 11.8. The highest BCUT2D eigenvalue weighted by Crippen LogP contribution is 2.21. The first-order valence-corrected chi connectivity index (χ1v) is 9.69. The summed E-state index contributed by atoms with van der Waals surface area (Å²) in [6, 6.07) is 14.5. The molecule has 25 heavy (non-hydrogen) atoms. The van der Waals surface area contributed by atoms with Crippen LogP contribution in [0, 0.1) is 20.8 Å². The summed E-state index contributed by atoms with van der Waals surface area (Å²) in [4.78, 5) is 13.6. The Labute approximate surface area is 155 Å². The van der Waals surface area contributed by atoms with E-state index in [0.717, 1.165) is 22.6 Å². The largest absolute Gasteiger partial charge is 0.480 e. The minimum absolute atomic E-state index is 0.0482. The minimum atomic E-state index is -0.454. The molecule has 1 amide bonds. The number of ether oxygens (including phenoxy) is 1. The Morgan fingerprint density at radius 3 is 2.44 bits per heavy atom. The summed E-state index contributed by atoms with van der Waals surface area (Å²) in [5.41, 5.74) is 3.43. The Hall–Kier alpha value is -1.94. The van der Waals surface area contributed by atoms with Crippen LogP contribution in [0.25, 0.3) is 0 Å². The fourth-order valence-electron chi connectivity index (χ4n) is 2.40. The number of thioether (sulfide) groups is 1. The number of rotatable bonds is 8. The lowest BCUT2D eigenvalue weighted by molar-refractivity contribution is -0.128. The first kappa shape index (κ1) is 19.4. The molecule has 0 saturated heterocycles. The zero-order valence-electron chi connectivity index (χ0n) is 15.5. The van der Waals surface area contributed by atoms with E-state index in [2.05, 4.69) is 36.5 Å². The highest BCUT2D eigenvalue weighted by molar-refractivity contribution is 7.99. The van der Waals surface area contributed by atoms with E-state index in [4.69, 9.17) is 4.74 Å². The Bertz CT molecular complexity index is 698. The van der Waals surface area contributed by atoms with Crippen molar-refractivity contribution in [3.63, 3.8) is 0 Å². The second kappa shape index (κ2) is 9.52. The molecule has 0 heterocycles. The van der Waals surface area contributed by atoms with Crippen LogP contribution in [0.1, 0.15) is 30.0 Å². The van der Waals surface area contributed by atoms with Gasteiger partial charge in [-0.2, -0.15) is 0 Å². The summed E-state index contributed by atoms with van der Waals surface area (Å²) >= 11 is 1.74. The van der Waals surface area contributed by atoms with Crippen LogP contribution in [0.2, 0.25) is 0 Å². The van der Waals surface area contributed by atoms with Gasteiger partial charge in [0.15, 0.2) is 6.10 Å². The van der Waals surface area contributed by atoms with E-state index < -0.39 is 6.10 Å². The quantitative estimate of drug-likeness (QED) is 0.551. The molecule has 0 aromatic heterocycles. The van der Waals surface area contributed by atoms with Crippen LogP contribution in [0.5, 0.6) is 5.75 Å². The van der Waals surface area contributed by atoms with Crippen molar-refractivity contribution in [3.8, 4) is 5.75 Å². The smallest absolute Gasteiger partial charge is 0.261 e. The fraction of sp³-hybridized carbons (Fsp3) is 0.381. The number of hydrogen-bond acceptors (Lipinski definition) is 3. The highest BCUT2D eigenvalue weighted by Gasteiger charge is 2.18. The molecule has 0 radical (unpaired) electrons. The van der Waals surface area contributed by atoms with Crippen molar-refractivity contribution in [2.75, 3.05) is 12.3 Å². The summed E-state index contributed by atoms with van der Waals surface area (Å²) in [5, 5.41) is 2.98. The SMILES string of the molecule is CC[C@H](Oc1cc(C)ccc1C)C(=O)NCCSc1ccc(C)cc1. The maximum absolute atomic E-state index is 12.4. The molecule has 0 aliphatic heterocycles. The summed E-state index contributed by atoms with van der Waals surface area (Å²) in [6.45, 7) is 8.70. The average Bonchev–Trinajstić information content (AvgIpc) is 2.60. The van der Waals surface area contributed by atoms with Gasteiger partial charge >= 0.3 is 0 Å². The Balaban J connectivity index is 1.81. The summed E-state index contributed by atoms with van der Waals surface area (Å²) in [6.07, 6.45) is 0.189. The number of nitrogens with one attached hydrogen (secondary N) is 1. The molecule has 4 heteroatoms. The van der Waals surface area contributed by atoms with Crippen LogP contribution >= 0.6 is 11.8 Å². The lowest BCUT2D eigenvalue weighted by atomic mass is 10.1. The van der Waals surface area contributed by atoms with Gasteiger partial charge in [0.25, 0.3) is 5.91 Å².